The third kappa shape index (κ3) is 5.34. The number of allylic oxidation sites excluding steroid dienone is 3. The van der Waals surface area contributed by atoms with Crippen LogP contribution in [0, 0.1) is 0 Å². The van der Waals surface area contributed by atoms with Gasteiger partial charge in [-0.05, 0) is 12.8 Å². The van der Waals surface area contributed by atoms with E-state index in [1.54, 1.807) is 24.8 Å². The van der Waals surface area contributed by atoms with Crippen LogP contribution in [0.15, 0.2) is 67.5 Å². The van der Waals surface area contributed by atoms with E-state index in [1.165, 1.54) is 32.2 Å². The molecule has 1 aliphatic heterocycles. The Balaban J connectivity index is 1.37. The third-order valence-electron chi connectivity index (χ3n) is 5.67. The molecule has 174 valence electrons. The standard InChI is InChI=1S/C25H25N5O3.W/c31-25-21-16-20(30-17-22(28-18-30)19-5-6-19)7-8-23(21)33-15-14-32-13-12-29-11-10-26-24(29)4-2-1-3-9-27-25;/h1-3,7-11,16-19H,5-6,12-15H2,(H,27,31);. The molecule has 0 unspecified atom stereocenters. The third-order valence-corrected chi connectivity index (χ3v) is 6.82. The molecule has 1 aliphatic carbocycles. The van der Waals surface area contributed by atoms with Gasteiger partial charge in [-0.25, -0.2) is 4.98 Å². The van der Waals surface area contributed by atoms with Gasteiger partial charge in [0, 0.05) is 5.92 Å². The number of benzene rings is 1. The van der Waals surface area contributed by atoms with Crippen LogP contribution in [-0.2, 0) is 30.6 Å². The zero-order valence-electron chi connectivity index (χ0n) is 18.6. The molecule has 5 rings (SSSR count). The van der Waals surface area contributed by atoms with Crippen molar-refractivity contribution in [1.29, 1.82) is 0 Å². The van der Waals surface area contributed by atoms with E-state index in [0.29, 0.717) is 43.6 Å². The van der Waals surface area contributed by atoms with Crippen LogP contribution in [0.1, 0.15) is 40.6 Å². The van der Waals surface area contributed by atoms with Crippen molar-refractivity contribution >= 4 is 9.81 Å². The first-order valence-corrected chi connectivity index (χ1v) is 12.7. The SMILES string of the molecule is O=C1NC=CC=C[C](=[W])c2nccn2CCOCCOc2ccc(-n3cnc(C4CC4)c3)cc21. The number of imidazole rings is 2. The minimum absolute atomic E-state index is 0.240. The molecule has 3 aromatic rings. The van der Waals surface area contributed by atoms with Gasteiger partial charge in [0.25, 0.3) is 0 Å². The van der Waals surface area contributed by atoms with Crippen molar-refractivity contribution in [2.75, 3.05) is 19.8 Å². The summed E-state index contributed by atoms with van der Waals surface area (Å²) in [5, 5.41) is 2.84. The van der Waals surface area contributed by atoms with Crippen LogP contribution in [0.4, 0.5) is 0 Å². The van der Waals surface area contributed by atoms with Crippen molar-refractivity contribution in [1.82, 2.24) is 24.4 Å². The zero-order chi connectivity index (χ0) is 23.3. The molecule has 0 bridgehead atoms. The Morgan fingerprint density at radius 1 is 1.12 bits per heavy atom. The van der Waals surface area contributed by atoms with Gasteiger partial charge in [-0.2, -0.15) is 0 Å². The second-order valence-electron chi connectivity index (χ2n) is 8.12. The van der Waals surface area contributed by atoms with Gasteiger partial charge in [-0.15, -0.1) is 0 Å². The quantitative estimate of drug-likeness (QED) is 0.473. The number of nitrogens with one attached hydrogen (secondary N) is 1. The van der Waals surface area contributed by atoms with Crippen molar-refractivity contribution in [3.8, 4) is 11.4 Å². The summed E-state index contributed by atoms with van der Waals surface area (Å²) in [4.78, 5) is 22.0. The van der Waals surface area contributed by atoms with Gasteiger partial charge in [0.15, 0.2) is 0 Å². The van der Waals surface area contributed by atoms with Crippen LogP contribution in [0.2, 0.25) is 0 Å². The second kappa shape index (κ2) is 10.4. The Labute approximate surface area is 208 Å². The molecular formula is C25H25N5O3W. The summed E-state index contributed by atoms with van der Waals surface area (Å²) < 4.78 is 16.8. The first-order valence-electron chi connectivity index (χ1n) is 11.3. The summed E-state index contributed by atoms with van der Waals surface area (Å²) >= 11 is 1.31. The van der Waals surface area contributed by atoms with Gasteiger partial charge in [-0.1, -0.05) is 0 Å². The molecular weight excluding hydrogens is 602 g/mol. The van der Waals surface area contributed by atoms with Crippen molar-refractivity contribution < 1.29 is 33.6 Å². The van der Waals surface area contributed by atoms with Gasteiger partial charge in [0.2, 0.25) is 0 Å². The predicted octanol–water partition coefficient (Wildman–Crippen LogP) is 2.92. The maximum absolute atomic E-state index is 13.0. The Morgan fingerprint density at radius 3 is 2.91 bits per heavy atom. The number of hydrogen-bond donors (Lipinski definition) is 1. The monoisotopic (exact) mass is 627 g/mol. The summed E-state index contributed by atoms with van der Waals surface area (Å²) in [5.74, 6) is 1.78. The number of carbonyl (C=O) groups is 1. The summed E-state index contributed by atoms with van der Waals surface area (Å²) in [6, 6.07) is 5.60. The van der Waals surface area contributed by atoms with Crippen LogP contribution >= 0.6 is 0 Å². The van der Waals surface area contributed by atoms with E-state index in [2.05, 4.69) is 19.9 Å². The normalized spacial score (nSPS) is 17.4. The fourth-order valence-electron chi connectivity index (χ4n) is 3.72. The Morgan fingerprint density at radius 2 is 2.03 bits per heavy atom. The minimum atomic E-state index is -0.240. The van der Waals surface area contributed by atoms with E-state index in [1.807, 2.05) is 47.3 Å². The number of amides is 1. The average Bonchev–Trinajstić information content (AvgIpc) is 3.38. The van der Waals surface area contributed by atoms with E-state index in [0.717, 1.165) is 21.1 Å². The first-order chi connectivity index (χ1) is 16.7. The Hall–Kier alpha value is -3.09. The molecule has 9 heteroatoms. The fraction of sp³-hybridized carbons (Fsp3) is 0.280. The van der Waals surface area contributed by atoms with Crippen molar-refractivity contribution in [3.63, 3.8) is 0 Å². The molecule has 0 spiro atoms. The summed E-state index contributed by atoms with van der Waals surface area (Å²) in [6.45, 7) is 2.03. The van der Waals surface area contributed by atoms with Crippen LogP contribution in [0.25, 0.3) is 5.69 Å². The van der Waals surface area contributed by atoms with Crippen molar-refractivity contribution in [2.45, 2.75) is 25.3 Å². The van der Waals surface area contributed by atoms with Crippen LogP contribution < -0.4 is 10.1 Å². The van der Waals surface area contributed by atoms with E-state index >= 15 is 0 Å². The molecule has 1 saturated carbocycles. The zero-order valence-corrected chi connectivity index (χ0v) is 21.5. The number of carbonyl (C=O) groups excluding carboxylic acids is 1. The average molecular weight is 627 g/mol. The number of ether oxygens (including phenoxy) is 2. The van der Waals surface area contributed by atoms with Crippen LogP contribution in [0.3, 0.4) is 0 Å². The maximum atomic E-state index is 13.0. The summed E-state index contributed by atoms with van der Waals surface area (Å²) in [6.07, 6.45) is 17.3. The summed E-state index contributed by atoms with van der Waals surface area (Å²) in [7, 11) is 0. The molecule has 1 N–H and O–H groups in total. The van der Waals surface area contributed by atoms with E-state index < -0.39 is 0 Å². The molecule has 3 heterocycles. The number of nitrogens with zero attached hydrogens (tertiary/aromatic N) is 4. The molecule has 2 aliphatic rings. The van der Waals surface area contributed by atoms with Crippen molar-refractivity contribution in [2.24, 2.45) is 0 Å². The summed E-state index contributed by atoms with van der Waals surface area (Å²) in [5.41, 5.74) is 2.43. The second-order valence-corrected chi connectivity index (χ2v) is 9.70. The fourth-order valence-corrected chi connectivity index (χ4v) is 4.61. The predicted molar refractivity (Wildman–Crippen MR) is 124 cm³/mol. The number of rotatable bonds is 2. The molecule has 34 heavy (non-hydrogen) atoms. The number of fused-ring (bicyclic) bond motifs is 2. The van der Waals surface area contributed by atoms with Crippen LogP contribution in [-0.4, -0.2) is 48.7 Å². The van der Waals surface area contributed by atoms with Gasteiger partial charge >= 0.3 is 180 Å². The van der Waals surface area contributed by atoms with Gasteiger partial charge in [0.05, 0.1) is 5.69 Å². The van der Waals surface area contributed by atoms with E-state index in [9.17, 15) is 4.79 Å². The molecule has 0 radical (unpaired) electrons. The topological polar surface area (TPSA) is 83.2 Å². The molecule has 1 amide bonds. The number of hydrogen-bond acceptors (Lipinski definition) is 5. The van der Waals surface area contributed by atoms with Gasteiger partial charge in [-0.3, -0.25) is 0 Å². The van der Waals surface area contributed by atoms with Gasteiger partial charge < -0.3 is 0 Å². The molecule has 8 nitrogen and oxygen atoms in total. The molecule has 1 fully saturated rings. The molecule has 0 saturated heterocycles. The Kier molecular flexibility index (Phi) is 6.97. The van der Waals surface area contributed by atoms with E-state index in [4.69, 9.17) is 9.47 Å². The first kappa shape index (κ1) is 22.7. The number of aromatic nitrogens is 4. The van der Waals surface area contributed by atoms with Crippen LogP contribution in [0.5, 0.6) is 5.75 Å². The Bertz CT molecular complexity index is 1250. The van der Waals surface area contributed by atoms with Gasteiger partial charge in [0.1, 0.15) is 0 Å². The molecule has 2 aromatic heterocycles. The molecule has 0 atom stereocenters. The van der Waals surface area contributed by atoms with E-state index in [-0.39, 0.29) is 5.91 Å². The molecule has 1 aromatic carbocycles. The van der Waals surface area contributed by atoms with Crippen molar-refractivity contribution in [3.05, 3.63) is 84.6 Å².